The summed E-state index contributed by atoms with van der Waals surface area (Å²) >= 11 is 0. The number of ether oxygens (including phenoxy) is 1. The molecule has 0 aliphatic heterocycles. The smallest absolute Gasteiger partial charge is 0.311 e. The predicted octanol–water partition coefficient (Wildman–Crippen LogP) is 4.30. The summed E-state index contributed by atoms with van der Waals surface area (Å²) in [4.78, 5) is 25.3. The molecule has 0 aromatic heterocycles. The van der Waals surface area contributed by atoms with Crippen LogP contribution in [0.1, 0.15) is 73.1 Å². The molecule has 4 nitrogen and oxygen atoms in total. The second kappa shape index (κ2) is 5.96. The van der Waals surface area contributed by atoms with E-state index in [0.717, 1.165) is 38.5 Å². The fourth-order valence-corrected chi connectivity index (χ4v) is 7.69. The van der Waals surface area contributed by atoms with Crippen molar-refractivity contribution in [1.82, 2.24) is 0 Å². The van der Waals surface area contributed by atoms with E-state index in [-0.39, 0.29) is 34.7 Å². The maximum Gasteiger partial charge on any atom is 0.311 e. The van der Waals surface area contributed by atoms with E-state index in [0.29, 0.717) is 23.5 Å². The molecule has 0 spiro atoms. The predicted molar refractivity (Wildman–Crippen MR) is 110 cm³/mol. The number of hydrogen-bond acceptors (Lipinski definition) is 4. The molecular weight excluding hydrogens is 364 g/mol. The first-order valence-corrected chi connectivity index (χ1v) is 11.6. The van der Waals surface area contributed by atoms with Crippen LogP contribution in [0.25, 0.3) is 0 Å². The molecule has 4 saturated carbocycles. The molecule has 5 aliphatic carbocycles. The lowest BCUT2D eigenvalue weighted by atomic mass is 9.46. The summed E-state index contributed by atoms with van der Waals surface area (Å²) in [5.74, 6) is 2.12. The zero-order valence-corrected chi connectivity index (χ0v) is 18.5. The van der Waals surface area contributed by atoms with Crippen LogP contribution in [0.5, 0.6) is 0 Å². The monoisotopic (exact) mass is 400 g/mol. The molecule has 0 saturated heterocycles. The number of esters is 1. The molecule has 0 heterocycles. The van der Waals surface area contributed by atoms with Crippen molar-refractivity contribution in [2.45, 2.75) is 85.4 Å². The van der Waals surface area contributed by atoms with Crippen LogP contribution in [0, 0.1) is 45.8 Å². The highest BCUT2D eigenvalue weighted by molar-refractivity contribution is 5.92. The van der Waals surface area contributed by atoms with Crippen LogP contribution in [0.15, 0.2) is 11.6 Å². The molecule has 0 unspecified atom stereocenters. The Balaban J connectivity index is 1.42. The zero-order valence-electron chi connectivity index (χ0n) is 18.5. The topological polar surface area (TPSA) is 63.6 Å². The van der Waals surface area contributed by atoms with E-state index in [1.54, 1.807) is 0 Å². The van der Waals surface area contributed by atoms with Gasteiger partial charge in [-0.3, -0.25) is 9.59 Å². The molecule has 0 aromatic rings. The lowest BCUT2D eigenvalue weighted by Crippen LogP contribution is -2.56. The minimum Gasteiger partial charge on any atom is -0.462 e. The third-order valence-electron chi connectivity index (χ3n) is 9.43. The van der Waals surface area contributed by atoms with Crippen LogP contribution in [0.4, 0.5) is 0 Å². The van der Waals surface area contributed by atoms with Crippen molar-refractivity contribution < 1.29 is 19.4 Å². The lowest BCUT2D eigenvalue weighted by Gasteiger charge is -2.58. The minimum absolute atomic E-state index is 0.0614. The van der Waals surface area contributed by atoms with E-state index in [1.807, 2.05) is 20.8 Å². The van der Waals surface area contributed by atoms with E-state index in [2.05, 4.69) is 19.9 Å². The summed E-state index contributed by atoms with van der Waals surface area (Å²) in [6.45, 7) is 10.2. The standard InChI is InChI=1S/C25H36O4/c1-23(2,3)22(28)29-14-6-8-24(4)13(10-14)11-18(26)19-17(24)7-9-25(5)20(19)15-12-16(15)21(25)27/h11,14-20,26H,6-10,12H2,1-5H3/t14-,15+,16-,17+,18-,19-,20+,24-,25-/m0/s1. The van der Waals surface area contributed by atoms with E-state index >= 15 is 0 Å². The highest BCUT2D eigenvalue weighted by Gasteiger charge is 2.71. The Bertz CT molecular complexity index is 791. The number of aliphatic hydroxyl groups excluding tert-OH is 1. The van der Waals surface area contributed by atoms with E-state index < -0.39 is 11.5 Å². The number of carbonyl (C=O) groups excluding carboxylic acids is 2. The first-order chi connectivity index (χ1) is 13.5. The van der Waals surface area contributed by atoms with Crippen LogP contribution in [0.2, 0.25) is 0 Å². The number of aliphatic hydroxyl groups is 1. The van der Waals surface area contributed by atoms with Crippen LogP contribution < -0.4 is 0 Å². The first kappa shape index (κ1) is 19.8. The number of ketones is 1. The molecule has 160 valence electrons. The highest BCUT2D eigenvalue weighted by atomic mass is 16.5. The van der Waals surface area contributed by atoms with Crippen molar-refractivity contribution >= 4 is 11.8 Å². The summed E-state index contributed by atoms with van der Waals surface area (Å²) in [6, 6.07) is 0. The number of carbonyl (C=O) groups is 2. The summed E-state index contributed by atoms with van der Waals surface area (Å²) in [7, 11) is 0. The molecule has 0 radical (unpaired) electrons. The number of hydrogen-bond donors (Lipinski definition) is 1. The van der Waals surface area contributed by atoms with Gasteiger partial charge in [0.15, 0.2) is 0 Å². The van der Waals surface area contributed by atoms with Gasteiger partial charge >= 0.3 is 5.97 Å². The molecule has 4 fully saturated rings. The van der Waals surface area contributed by atoms with E-state index in [4.69, 9.17) is 4.74 Å². The van der Waals surface area contributed by atoms with Gasteiger partial charge in [-0.25, -0.2) is 0 Å². The Hall–Kier alpha value is -1.16. The van der Waals surface area contributed by atoms with Gasteiger partial charge in [-0.2, -0.15) is 0 Å². The lowest BCUT2D eigenvalue weighted by molar-refractivity contribution is -0.161. The Morgan fingerprint density at radius 2 is 1.86 bits per heavy atom. The molecule has 1 N–H and O–H groups in total. The zero-order chi connectivity index (χ0) is 20.9. The average molecular weight is 401 g/mol. The van der Waals surface area contributed by atoms with Crippen molar-refractivity contribution in [1.29, 1.82) is 0 Å². The van der Waals surface area contributed by atoms with Crippen molar-refractivity contribution in [3.05, 3.63) is 11.6 Å². The van der Waals surface area contributed by atoms with E-state index in [1.165, 1.54) is 5.57 Å². The van der Waals surface area contributed by atoms with Gasteiger partial charge < -0.3 is 9.84 Å². The average Bonchev–Trinajstić information content (AvgIpc) is 3.37. The summed E-state index contributed by atoms with van der Waals surface area (Å²) in [5.41, 5.74) is 0.642. The maximum absolute atomic E-state index is 12.9. The molecule has 0 amide bonds. The van der Waals surface area contributed by atoms with Gasteiger partial charge in [0.1, 0.15) is 11.9 Å². The first-order valence-electron chi connectivity index (χ1n) is 11.6. The quantitative estimate of drug-likeness (QED) is 0.526. The molecule has 4 heteroatoms. The van der Waals surface area contributed by atoms with Crippen LogP contribution in [-0.2, 0) is 14.3 Å². The van der Waals surface area contributed by atoms with Crippen molar-refractivity contribution in [2.75, 3.05) is 0 Å². The molecular formula is C25H36O4. The molecule has 29 heavy (non-hydrogen) atoms. The summed E-state index contributed by atoms with van der Waals surface area (Å²) in [5, 5.41) is 11.2. The third-order valence-corrected chi connectivity index (χ3v) is 9.43. The second-order valence-corrected chi connectivity index (χ2v) is 12.2. The van der Waals surface area contributed by atoms with Crippen LogP contribution in [0.3, 0.4) is 0 Å². The number of rotatable bonds is 1. The van der Waals surface area contributed by atoms with Gasteiger partial charge in [0, 0.05) is 17.8 Å². The maximum atomic E-state index is 12.9. The second-order valence-electron chi connectivity index (χ2n) is 12.2. The van der Waals surface area contributed by atoms with Crippen molar-refractivity contribution in [2.24, 2.45) is 45.8 Å². The largest absolute Gasteiger partial charge is 0.462 e. The van der Waals surface area contributed by atoms with Crippen LogP contribution >= 0.6 is 0 Å². The van der Waals surface area contributed by atoms with Crippen molar-refractivity contribution in [3.8, 4) is 0 Å². The normalized spacial score (nSPS) is 50.6. The van der Waals surface area contributed by atoms with E-state index in [9.17, 15) is 14.7 Å². The van der Waals surface area contributed by atoms with Crippen LogP contribution in [-0.4, -0.2) is 29.1 Å². The summed E-state index contributed by atoms with van der Waals surface area (Å²) in [6.07, 6.45) is 7.21. The molecule has 0 aromatic carbocycles. The summed E-state index contributed by atoms with van der Waals surface area (Å²) < 4.78 is 5.84. The third kappa shape index (κ3) is 2.66. The number of fused-ring (bicyclic) bond motifs is 7. The Morgan fingerprint density at radius 1 is 1.17 bits per heavy atom. The van der Waals surface area contributed by atoms with Gasteiger partial charge in [0.05, 0.1) is 11.5 Å². The Kier molecular flexibility index (Phi) is 4.07. The van der Waals surface area contributed by atoms with Gasteiger partial charge in [-0.1, -0.05) is 25.5 Å². The van der Waals surface area contributed by atoms with Crippen molar-refractivity contribution in [3.63, 3.8) is 0 Å². The molecule has 5 aliphatic rings. The minimum atomic E-state index is -0.490. The fraction of sp³-hybridized carbons (Fsp3) is 0.840. The molecule has 0 bridgehead atoms. The Morgan fingerprint density at radius 3 is 2.55 bits per heavy atom. The molecule has 9 atom stereocenters. The Labute approximate surface area is 174 Å². The highest BCUT2D eigenvalue weighted by Crippen LogP contribution is 2.71. The molecule has 5 rings (SSSR count). The van der Waals surface area contributed by atoms with Gasteiger partial charge in [-0.15, -0.1) is 0 Å². The van der Waals surface area contributed by atoms with Gasteiger partial charge in [-0.05, 0) is 82.0 Å². The van der Waals surface area contributed by atoms with Gasteiger partial charge in [0.2, 0.25) is 0 Å². The van der Waals surface area contributed by atoms with Gasteiger partial charge in [0.25, 0.3) is 0 Å². The number of Topliss-reactive ketones (excluding diaryl/α,β-unsaturated/α-hetero) is 1. The SMILES string of the molecule is CC(C)(C)C(=O)O[C@H]1CC[C@@]2(C)C(=C[C@H](O)[C@H]3[C@H]4[C@@H]5C[C@@H]5C(=O)[C@@]4(C)CC[C@H]32)C1. The fourth-order valence-electron chi connectivity index (χ4n) is 7.69.